The summed E-state index contributed by atoms with van der Waals surface area (Å²) >= 11 is 0. The number of hydrogen-bond donors (Lipinski definition) is 1. The van der Waals surface area contributed by atoms with Crippen LogP contribution in [0.15, 0.2) is 12.2 Å². The molecule has 3 heteroatoms. The molecule has 1 saturated heterocycles. The normalized spacial score (nSPS) is 18.1. The van der Waals surface area contributed by atoms with Crippen LogP contribution in [0.2, 0.25) is 0 Å². The fourth-order valence-electron chi connectivity index (χ4n) is 1.36. The summed E-state index contributed by atoms with van der Waals surface area (Å²) in [6.07, 6.45) is 2.84. The Morgan fingerprint density at radius 1 is 1.58 bits per heavy atom. The first kappa shape index (κ1) is 9.26. The van der Waals surface area contributed by atoms with E-state index >= 15 is 0 Å². The van der Waals surface area contributed by atoms with Gasteiger partial charge in [-0.3, -0.25) is 4.79 Å². The highest BCUT2D eigenvalue weighted by Gasteiger charge is 2.17. The Morgan fingerprint density at radius 3 is 2.92 bits per heavy atom. The van der Waals surface area contributed by atoms with Gasteiger partial charge < -0.3 is 10.6 Å². The van der Waals surface area contributed by atoms with Crippen LogP contribution >= 0.6 is 0 Å². The van der Waals surface area contributed by atoms with E-state index in [1.807, 2.05) is 4.90 Å². The van der Waals surface area contributed by atoms with E-state index in [1.54, 1.807) is 0 Å². The third kappa shape index (κ3) is 2.34. The molecular weight excluding hydrogens is 152 g/mol. The van der Waals surface area contributed by atoms with E-state index in [9.17, 15) is 4.79 Å². The summed E-state index contributed by atoms with van der Waals surface area (Å²) in [6.45, 7) is 5.78. The van der Waals surface area contributed by atoms with Crippen LogP contribution in [0, 0.1) is 0 Å². The van der Waals surface area contributed by atoms with Crippen LogP contribution in [0.25, 0.3) is 0 Å². The third-order valence-corrected chi connectivity index (χ3v) is 2.12. The second kappa shape index (κ2) is 4.26. The first-order valence-corrected chi connectivity index (χ1v) is 4.38. The van der Waals surface area contributed by atoms with Crippen LogP contribution in [-0.4, -0.2) is 30.4 Å². The Balaban J connectivity index is 2.39. The molecule has 1 rings (SSSR count). The van der Waals surface area contributed by atoms with E-state index in [-0.39, 0.29) is 5.91 Å². The molecule has 1 heterocycles. The van der Waals surface area contributed by atoms with Crippen LogP contribution in [0.5, 0.6) is 0 Å². The highest BCUT2D eigenvalue weighted by molar-refractivity contribution is 5.77. The Morgan fingerprint density at radius 2 is 2.33 bits per heavy atom. The predicted molar refractivity (Wildman–Crippen MR) is 48.6 cm³/mol. The molecule has 0 radical (unpaired) electrons. The van der Waals surface area contributed by atoms with Gasteiger partial charge in [-0.2, -0.15) is 0 Å². The zero-order valence-corrected chi connectivity index (χ0v) is 7.38. The Kier molecular flexibility index (Phi) is 3.29. The van der Waals surface area contributed by atoms with Gasteiger partial charge in [0.2, 0.25) is 5.91 Å². The van der Waals surface area contributed by atoms with Crippen molar-refractivity contribution >= 4 is 5.91 Å². The SMILES string of the molecule is C=C(CN)CN1CCCCC1=O. The average molecular weight is 168 g/mol. The van der Waals surface area contributed by atoms with Crippen LogP contribution in [0.3, 0.4) is 0 Å². The summed E-state index contributed by atoms with van der Waals surface area (Å²) in [5, 5.41) is 0. The number of rotatable bonds is 3. The Hall–Kier alpha value is -0.830. The molecule has 3 nitrogen and oxygen atoms in total. The number of nitrogens with two attached hydrogens (primary N) is 1. The minimum absolute atomic E-state index is 0.246. The molecule has 0 bridgehead atoms. The topological polar surface area (TPSA) is 46.3 Å². The molecule has 68 valence electrons. The maximum atomic E-state index is 11.3. The smallest absolute Gasteiger partial charge is 0.222 e. The highest BCUT2D eigenvalue weighted by Crippen LogP contribution is 2.11. The standard InChI is InChI=1S/C9H16N2O/c1-8(6-10)7-11-5-3-2-4-9(11)12/h1-7,10H2. The highest BCUT2D eigenvalue weighted by atomic mass is 16.2. The van der Waals surface area contributed by atoms with Gasteiger partial charge in [-0.05, 0) is 18.4 Å². The summed E-state index contributed by atoms with van der Waals surface area (Å²) in [4.78, 5) is 13.1. The average Bonchev–Trinajstić information content (AvgIpc) is 2.09. The molecule has 0 unspecified atom stereocenters. The minimum Gasteiger partial charge on any atom is -0.339 e. The zero-order chi connectivity index (χ0) is 8.97. The summed E-state index contributed by atoms with van der Waals surface area (Å²) in [7, 11) is 0. The van der Waals surface area contributed by atoms with Gasteiger partial charge in [0.15, 0.2) is 0 Å². The van der Waals surface area contributed by atoms with Gasteiger partial charge in [0.1, 0.15) is 0 Å². The second-order valence-electron chi connectivity index (χ2n) is 3.23. The van der Waals surface area contributed by atoms with Gasteiger partial charge >= 0.3 is 0 Å². The van der Waals surface area contributed by atoms with E-state index in [2.05, 4.69) is 6.58 Å². The quantitative estimate of drug-likeness (QED) is 0.624. The molecule has 1 aliphatic heterocycles. The van der Waals surface area contributed by atoms with E-state index < -0.39 is 0 Å². The van der Waals surface area contributed by atoms with E-state index in [1.165, 1.54) is 0 Å². The lowest BCUT2D eigenvalue weighted by molar-refractivity contribution is -0.132. The van der Waals surface area contributed by atoms with Crippen LogP contribution in [0.1, 0.15) is 19.3 Å². The maximum Gasteiger partial charge on any atom is 0.222 e. The molecule has 0 aromatic heterocycles. The summed E-state index contributed by atoms with van der Waals surface area (Å²) in [6, 6.07) is 0. The number of amides is 1. The fourth-order valence-corrected chi connectivity index (χ4v) is 1.36. The van der Waals surface area contributed by atoms with Crippen LogP contribution in [-0.2, 0) is 4.79 Å². The molecule has 0 aromatic carbocycles. The third-order valence-electron chi connectivity index (χ3n) is 2.12. The summed E-state index contributed by atoms with van der Waals surface area (Å²) in [5.41, 5.74) is 6.33. The first-order valence-electron chi connectivity index (χ1n) is 4.38. The molecule has 0 aliphatic carbocycles. The molecule has 2 N–H and O–H groups in total. The van der Waals surface area contributed by atoms with Crippen molar-refractivity contribution in [2.45, 2.75) is 19.3 Å². The number of likely N-dealkylation sites (tertiary alicyclic amines) is 1. The van der Waals surface area contributed by atoms with Crippen molar-refractivity contribution < 1.29 is 4.79 Å². The number of carbonyl (C=O) groups is 1. The molecule has 0 spiro atoms. The van der Waals surface area contributed by atoms with Crippen LogP contribution in [0.4, 0.5) is 0 Å². The van der Waals surface area contributed by atoms with Gasteiger partial charge in [0, 0.05) is 26.1 Å². The van der Waals surface area contributed by atoms with Crippen molar-refractivity contribution in [3.8, 4) is 0 Å². The van der Waals surface area contributed by atoms with Gasteiger partial charge in [-0.25, -0.2) is 0 Å². The first-order chi connectivity index (χ1) is 5.74. The lowest BCUT2D eigenvalue weighted by atomic mass is 10.1. The lowest BCUT2D eigenvalue weighted by Gasteiger charge is -2.27. The summed E-state index contributed by atoms with van der Waals surface area (Å²) < 4.78 is 0. The largest absolute Gasteiger partial charge is 0.339 e. The van der Waals surface area contributed by atoms with E-state index in [0.717, 1.165) is 25.0 Å². The van der Waals surface area contributed by atoms with Crippen molar-refractivity contribution in [3.63, 3.8) is 0 Å². The number of piperidine rings is 1. The van der Waals surface area contributed by atoms with Crippen LogP contribution < -0.4 is 5.73 Å². The molecule has 1 amide bonds. The maximum absolute atomic E-state index is 11.3. The van der Waals surface area contributed by atoms with Crippen molar-refractivity contribution in [1.82, 2.24) is 4.90 Å². The zero-order valence-electron chi connectivity index (χ0n) is 7.38. The summed E-state index contributed by atoms with van der Waals surface area (Å²) in [5.74, 6) is 0.246. The fraction of sp³-hybridized carbons (Fsp3) is 0.667. The van der Waals surface area contributed by atoms with E-state index in [0.29, 0.717) is 19.5 Å². The number of nitrogens with zero attached hydrogens (tertiary/aromatic N) is 1. The second-order valence-corrected chi connectivity index (χ2v) is 3.23. The molecular formula is C9H16N2O. The van der Waals surface area contributed by atoms with Crippen molar-refractivity contribution in [1.29, 1.82) is 0 Å². The lowest BCUT2D eigenvalue weighted by Crippen LogP contribution is -2.37. The van der Waals surface area contributed by atoms with Gasteiger partial charge in [-0.15, -0.1) is 0 Å². The van der Waals surface area contributed by atoms with Crippen molar-refractivity contribution in [2.24, 2.45) is 5.73 Å². The van der Waals surface area contributed by atoms with Gasteiger partial charge in [0.25, 0.3) is 0 Å². The monoisotopic (exact) mass is 168 g/mol. The van der Waals surface area contributed by atoms with Crippen molar-refractivity contribution in [3.05, 3.63) is 12.2 Å². The number of hydrogen-bond acceptors (Lipinski definition) is 2. The predicted octanol–water partition coefficient (Wildman–Crippen LogP) is 0.514. The Labute approximate surface area is 73.2 Å². The minimum atomic E-state index is 0.246. The van der Waals surface area contributed by atoms with Gasteiger partial charge in [0.05, 0.1) is 0 Å². The molecule has 1 fully saturated rings. The molecule has 0 aromatic rings. The molecule has 1 aliphatic rings. The van der Waals surface area contributed by atoms with Gasteiger partial charge in [-0.1, -0.05) is 6.58 Å². The molecule has 12 heavy (non-hydrogen) atoms. The number of carbonyl (C=O) groups excluding carboxylic acids is 1. The van der Waals surface area contributed by atoms with Crippen molar-refractivity contribution in [2.75, 3.05) is 19.6 Å². The molecule has 0 atom stereocenters. The molecule has 0 saturated carbocycles. The van der Waals surface area contributed by atoms with E-state index in [4.69, 9.17) is 5.73 Å². The Bertz CT molecular complexity index is 189.